The second-order valence-electron chi connectivity index (χ2n) is 14.4. The van der Waals surface area contributed by atoms with Crippen LogP contribution in [0.2, 0.25) is 0 Å². The number of hydrogen-bond acceptors (Lipinski definition) is 14. The smallest absolute Gasteiger partial charge is 0.250 e. The molecule has 0 radical (unpaired) electrons. The lowest BCUT2D eigenvalue weighted by atomic mass is 10.1. The van der Waals surface area contributed by atoms with Gasteiger partial charge in [-0.05, 0) is 37.1 Å². The number of carbonyl (C=O) groups is 2. The number of benzene rings is 2. The second kappa shape index (κ2) is 17.0. The molecule has 8 aromatic rings. The van der Waals surface area contributed by atoms with Crippen LogP contribution in [0.1, 0.15) is 26.7 Å². The van der Waals surface area contributed by atoms with Crippen LogP contribution in [-0.4, -0.2) is 88.3 Å². The lowest BCUT2D eigenvalue weighted by Gasteiger charge is -2.40. The van der Waals surface area contributed by atoms with E-state index in [0.717, 1.165) is 34.3 Å². The normalized spacial score (nSPS) is 15.9. The lowest BCUT2D eigenvalue weighted by Crippen LogP contribution is -2.50. The van der Waals surface area contributed by atoms with Gasteiger partial charge in [-0.1, -0.05) is 13.8 Å². The van der Waals surface area contributed by atoms with Gasteiger partial charge in [-0.15, -0.1) is 22.7 Å². The summed E-state index contributed by atoms with van der Waals surface area (Å²) in [5, 5.41) is 19.3. The number of amides is 2. The molecule has 324 valence electrons. The molecule has 2 amide bonds. The van der Waals surface area contributed by atoms with Gasteiger partial charge >= 0.3 is 0 Å². The van der Waals surface area contributed by atoms with Crippen molar-refractivity contribution in [3.05, 3.63) is 108 Å². The number of halogens is 4. The zero-order valence-corrected chi connectivity index (χ0v) is 35.8. The number of fused-ring (bicyclic) bond motifs is 2. The molecule has 64 heavy (non-hydrogen) atoms. The summed E-state index contributed by atoms with van der Waals surface area (Å²) in [5.41, 5.74) is 4.21. The molecule has 8 heterocycles. The van der Waals surface area contributed by atoms with Crippen LogP contribution in [0.4, 0.5) is 51.9 Å². The van der Waals surface area contributed by atoms with Crippen molar-refractivity contribution in [2.45, 2.75) is 38.8 Å². The van der Waals surface area contributed by atoms with E-state index < -0.39 is 35.4 Å². The first kappa shape index (κ1) is 41.9. The molecule has 16 nitrogen and oxygen atoms in total. The molecular weight excluding hydrogens is 873 g/mol. The molecule has 2 atom stereocenters. The fraction of sp³-hybridized carbons (Fsp3) is 0.190. The van der Waals surface area contributed by atoms with E-state index >= 15 is 0 Å². The third-order valence-electron chi connectivity index (χ3n) is 10.7. The highest BCUT2D eigenvalue weighted by Gasteiger charge is 2.40. The number of aromatic amines is 2. The fourth-order valence-electron chi connectivity index (χ4n) is 7.54. The van der Waals surface area contributed by atoms with E-state index in [1.165, 1.54) is 44.6 Å². The van der Waals surface area contributed by atoms with Gasteiger partial charge in [0.1, 0.15) is 44.9 Å². The summed E-state index contributed by atoms with van der Waals surface area (Å²) < 4.78 is 55.4. The van der Waals surface area contributed by atoms with Crippen molar-refractivity contribution in [3.63, 3.8) is 0 Å². The Bertz CT molecular complexity index is 2820. The van der Waals surface area contributed by atoms with E-state index in [1.54, 1.807) is 61.1 Å². The molecular formula is C42H34F4N14O2S2. The number of H-pyrrole nitrogens is 2. The van der Waals surface area contributed by atoms with E-state index in [9.17, 15) is 27.2 Å². The van der Waals surface area contributed by atoms with Crippen LogP contribution in [0.25, 0.3) is 44.2 Å². The van der Waals surface area contributed by atoms with Crippen molar-refractivity contribution in [2.75, 3.05) is 33.7 Å². The van der Waals surface area contributed by atoms with Crippen LogP contribution in [0.15, 0.2) is 84.3 Å². The Morgan fingerprint density at radius 3 is 1.38 bits per heavy atom. The van der Waals surface area contributed by atoms with Crippen LogP contribution in [0.5, 0.6) is 0 Å². The molecule has 10 rings (SSSR count). The molecule has 2 N–H and O–H groups in total. The molecule has 0 unspecified atom stereocenters. The molecule has 0 bridgehead atoms. The van der Waals surface area contributed by atoms with Gasteiger partial charge in [0.25, 0.3) is 0 Å². The maximum absolute atomic E-state index is 14.1. The molecule has 22 heteroatoms. The molecule has 6 aromatic heterocycles. The van der Waals surface area contributed by atoms with Crippen LogP contribution in [0, 0.1) is 23.3 Å². The van der Waals surface area contributed by atoms with Gasteiger partial charge in [-0.2, -0.15) is 10.2 Å². The Morgan fingerprint density at radius 2 is 1.02 bits per heavy atom. The summed E-state index contributed by atoms with van der Waals surface area (Å²) >= 11 is 2.89. The van der Waals surface area contributed by atoms with E-state index in [-0.39, 0.29) is 11.8 Å². The summed E-state index contributed by atoms with van der Waals surface area (Å²) in [4.78, 5) is 59.3. The average Bonchev–Trinajstić information content (AvgIpc) is 4.16. The summed E-state index contributed by atoms with van der Waals surface area (Å²) in [6, 6.07) is 5.82. The monoisotopic (exact) mass is 906 g/mol. The standard InChI is InChI=1S/2C21H17F2N7OS/c2*1-3-15-21(31)29(2)16-10-25-18(12-9-26-28-17(12)20-24-6-7-32-20)27-19(16)30(15)11-4-5-13(22)14(23)8-11/h2*4-10,15H,3H2,1-2H3,(H,26,28)/t2*15-/m10/s1. The zero-order chi connectivity index (χ0) is 44.8. The summed E-state index contributed by atoms with van der Waals surface area (Å²) in [7, 11) is 3.29. The van der Waals surface area contributed by atoms with Gasteiger partial charge in [-0.3, -0.25) is 19.8 Å². The second-order valence-corrected chi connectivity index (χ2v) is 16.2. The van der Waals surface area contributed by atoms with Crippen LogP contribution in [-0.2, 0) is 9.59 Å². The van der Waals surface area contributed by atoms with Crippen molar-refractivity contribution in [1.29, 1.82) is 0 Å². The highest BCUT2D eigenvalue weighted by molar-refractivity contribution is 7.13. The van der Waals surface area contributed by atoms with Crippen molar-refractivity contribution >= 4 is 68.9 Å². The van der Waals surface area contributed by atoms with Gasteiger partial charge in [0, 0.05) is 60.8 Å². The zero-order valence-electron chi connectivity index (χ0n) is 34.2. The molecule has 0 saturated heterocycles. The average molecular weight is 907 g/mol. The molecule has 2 aliphatic rings. The molecule has 2 aliphatic heterocycles. The number of likely N-dealkylation sites (N-methyl/N-ethyl adjacent to an activating group) is 2. The van der Waals surface area contributed by atoms with E-state index in [2.05, 4.69) is 40.3 Å². The Labute approximate surface area is 369 Å². The van der Waals surface area contributed by atoms with Gasteiger partial charge in [-0.25, -0.2) is 47.5 Å². The first-order valence-electron chi connectivity index (χ1n) is 19.6. The number of rotatable bonds is 8. The number of nitrogens with zero attached hydrogens (tertiary/aromatic N) is 12. The number of hydrogen-bond donors (Lipinski definition) is 2. The van der Waals surface area contributed by atoms with E-state index in [0.29, 0.717) is 81.4 Å². The Morgan fingerprint density at radius 1 is 0.594 bits per heavy atom. The van der Waals surface area contributed by atoms with Gasteiger partial charge in [0.2, 0.25) is 11.8 Å². The molecule has 0 aliphatic carbocycles. The predicted molar refractivity (Wildman–Crippen MR) is 233 cm³/mol. The van der Waals surface area contributed by atoms with Gasteiger partial charge < -0.3 is 19.6 Å². The van der Waals surface area contributed by atoms with Gasteiger partial charge in [0.15, 0.2) is 46.6 Å². The lowest BCUT2D eigenvalue weighted by molar-refractivity contribution is -0.120. The molecule has 0 fully saturated rings. The Hall–Kier alpha value is -7.46. The van der Waals surface area contributed by atoms with Crippen molar-refractivity contribution < 1.29 is 27.2 Å². The minimum Gasteiger partial charge on any atom is -0.312 e. The number of nitrogens with one attached hydrogen (secondary N) is 2. The third-order valence-corrected chi connectivity index (χ3v) is 12.3. The first-order valence-corrected chi connectivity index (χ1v) is 21.4. The number of aromatic nitrogens is 10. The maximum atomic E-state index is 14.1. The number of thiazole rings is 2. The largest absolute Gasteiger partial charge is 0.312 e. The topological polar surface area (TPSA) is 182 Å². The molecule has 0 spiro atoms. The Kier molecular flexibility index (Phi) is 11.1. The number of carbonyl (C=O) groups excluding carboxylic acids is 2. The fourth-order valence-corrected chi connectivity index (χ4v) is 8.83. The minimum absolute atomic E-state index is 0.187. The Balaban J connectivity index is 0.000000162. The number of anilines is 6. The summed E-state index contributed by atoms with van der Waals surface area (Å²) in [6.45, 7) is 3.71. The molecule has 0 saturated carbocycles. The van der Waals surface area contributed by atoms with Crippen LogP contribution in [0.3, 0.4) is 0 Å². The third kappa shape index (κ3) is 7.28. The predicted octanol–water partition coefficient (Wildman–Crippen LogP) is 8.32. The van der Waals surface area contributed by atoms with Crippen molar-refractivity contribution in [3.8, 4) is 44.2 Å². The van der Waals surface area contributed by atoms with Gasteiger partial charge in [0.05, 0.1) is 35.9 Å². The quantitative estimate of drug-likeness (QED) is 0.139. The van der Waals surface area contributed by atoms with Crippen molar-refractivity contribution in [2.24, 2.45) is 0 Å². The van der Waals surface area contributed by atoms with Crippen molar-refractivity contribution in [1.82, 2.24) is 50.3 Å². The highest BCUT2D eigenvalue weighted by atomic mass is 32.1. The van der Waals surface area contributed by atoms with Crippen LogP contribution < -0.4 is 19.6 Å². The highest BCUT2D eigenvalue weighted by Crippen LogP contribution is 2.43. The maximum Gasteiger partial charge on any atom is 0.250 e. The van der Waals surface area contributed by atoms with Crippen LogP contribution >= 0.6 is 22.7 Å². The SMILES string of the molecule is CC[C@@H]1C(=O)N(C)c2cnc(-c3cn[nH]c3-c3nccs3)nc2N1c1ccc(F)c(F)c1.CC[C@H]1C(=O)N(C)c2cnc(-c3cn[nH]c3-c3nccs3)nc2N1c1ccc(F)c(F)c1. The first-order chi connectivity index (χ1) is 31.0. The summed E-state index contributed by atoms with van der Waals surface area (Å²) in [5.74, 6) is -2.72. The minimum atomic E-state index is -1.000. The van der Waals surface area contributed by atoms with E-state index in [1.807, 2.05) is 24.6 Å². The molecule has 2 aromatic carbocycles. The van der Waals surface area contributed by atoms with E-state index in [4.69, 9.17) is 9.97 Å². The summed E-state index contributed by atoms with van der Waals surface area (Å²) in [6.07, 6.45) is 10.6.